The first-order valence-electron chi connectivity index (χ1n) is 10.6. The van der Waals surface area contributed by atoms with E-state index < -0.39 is 11.8 Å². The fraction of sp³-hybridized carbons (Fsp3) is 0.417. The zero-order chi connectivity index (χ0) is 20.6. The van der Waals surface area contributed by atoms with Crippen molar-refractivity contribution in [3.63, 3.8) is 0 Å². The van der Waals surface area contributed by atoms with Crippen molar-refractivity contribution in [2.75, 3.05) is 26.3 Å². The van der Waals surface area contributed by atoms with Gasteiger partial charge in [-0.1, -0.05) is 54.6 Å². The number of carbonyl (C=O) groups excluding carboxylic acids is 2. The first-order valence-corrected chi connectivity index (χ1v) is 10.6. The third kappa shape index (κ3) is 3.50. The number of benzene rings is 2. The smallest absolute Gasteiger partial charge is 0.250 e. The first-order chi connectivity index (χ1) is 14.7. The van der Waals surface area contributed by atoms with Crippen LogP contribution in [0.4, 0.5) is 0 Å². The summed E-state index contributed by atoms with van der Waals surface area (Å²) < 4.78 is 11.6. The fourth-order valence-corrected chi connectivity index (χ4v) is 4.79. The molecule has 30 heavy (non-hydrogen) atoms. The predicted molar refractivity (Wildman–Crippen MR) is 110 cm³/mol. The van der Waals surface area contributed by atoms with Crippen LogP contribution < -0.4 is 0 Å². The van der Waals surface area contributed by atoms with E-state index in [1.807, 2.05) is 59.5 Å². The zero-order valence-electron chi connectivity index (χ0n) is 17.0. The van der Waals surface area contributed by atoms with Crippen LogP contribution >= 0.6 is 0 Å². The number of likely N-dealkylation sites (tertiary alicyclic amines) is 1. The van der Waals surface area contributed by atoms with Crippen molar-refractivity contribution in [3.05, 3.63) is 71.3 Å². The lowest BCUT2D eigenvalue weighted by molar-refractivity contribution is -0.189. The average molecular weight is 406 g/mol. The van der Waals surface area contributed by atoms with Gasteiger partial charge in [0.25, 0.3) is 0 Å². The molecule has 1 spiro atoms. The molecule has 6 heteroatoms. The highest BCUT2D eigenvalue weighted by Gasteiger charge is 2.44. The maximum Gasteiger partial charge on any atom is 0.250 e. The molecule has 3 aliphatic rings. The molecule has 0 unspecified atom stereocenters. The van der Waals surface area contributed by atoms with Crippen molar-refractivity contribution in [3.8, 4) is 0 Å². The standard InChI is InChI=1S/C24H26N2O4/c27-21-16-19-8-4-5-9-20(19)22(26(21)17-18-6-2-1-3-7-18)23(28)25-12-10-24(11-13-25)29-14-15-30-24/h1-9,22H,10-17H2/t22-/m0/s1. The lowest BCUT2D eigenvalue weighted by Gasteiger charge is -2.42. The quantitative estimate of drug-likeness (QED) is 0.786. The third-order valence-corrected chi connectivity index (χ3v) is 6.40. The van der Waals surface area contributed by atoms with E-state index in [1.54, 1.807) is 4.90 Å². The maximum atomic E-state index is 13.7. The van der Waals surface area contributed by atoms with Crippen molar-refractivity contribution < 1.29 is 19.1 Å². The molecule has 2 fully saturated rings. The van der Waals surface area contributed by atoms with Crippen LogP contribution in [0.25, 0.3) is 0 Å². The minimum absolute atomic E-state index is 0.00755. The Labute approximate surface area is 176 Å². The number of carbonyl (C=O) groups is 2. The van der Waals surface area contributed by atoms with Gasteiger partial charge in [0.2, 0.25) is 11.8 Å². The van der Waals surface area contributed by atoms with Gasteiger partial charge in [0.1, 0.15) is 6.04 Å². The molecule has 0 radical (unpaired) electrons. The summed E-state index contributed by atoms with van der Waals surface area (Å²) in [5, 5.41) is 0. The summed E-state index contributed by atoms with van der Waals surface area (Å²) in [6.07, 6.45) is 1.66. The van der Waals surface area contributed by atoms with E-state index >= 15 is 0 Å². The van der Waals surface area contributed by atoms with Gasteiger partial charge in [-0.2, -0.15) is 0 Å². The average Bonchev–Trinajstić information content (AvgIpc) is 3.23. The lowest BCUT2D eigenvalue weighted by atomic mass is 9.90. The van der Waals surface area contributed by atoms with Crippen LogP contribution in [-0.2, 0) is 32.0 Å². The van der Waals surface area contributed by atoms with Gasteiger partial charge in [-0.05, 0) is 16.7 Å². The Hall–Kier alpha value is -2.70. The van der Waals surface area contributed by atoms with E-state index in [-0.39, 0.29) is 11.8 Å². The van der Waals surface area contributed by atoms with Crippen LogP contribution in [0, 0.1) is 0 Å². The number of nitrogens with zero attached hydrogens (tertiary/aromatic N) is 2. The van der Waals surface area contributed by atoms with Crippen LogP contribution in [0.1, 0.15) is 35.6 Å². The summed E-state index contributed by atoms with van der Waals surface area (Å²) in [4.78, 5) is 30.4. The number of fused-ring (bicyclic) bond motifs is 1. The molecule has 0 N–H and O–H groups in total. The van der Waals surface area contributed by atoms with Gasteiger partial charge in [-0.3, -0.25) is 9.59 Å². The molecule has 2 aromatic rings. The zero-order valence-corrected chi connectivity index (χ0v) is 17.0. The molecule has 0 aliphatic carbocycles. The Morgan fingerprint density at radius 3 is 2.37 bits per heavy atom. The van der Waals surface area contributed by atoms with Crippen LogP contribution in [0.15, 0.2) is 54.6 Å². The number of hydrogen-bond acceptors (Lipinski definition) is 4. The van der Waals surface area contributed by atoms with Gasteiger partial charge < -0.3 is 19.3 Å². The molecule has 3 heterocycles. The molecular formula is C24H26N2O4. The largest absolute Gasteiger partial charge is 0.347 e. The minimum Gasteiger partial charge on any atom is -0.347 e. The molecule has 2 amide bonds. The summed E-state index contributed by atoms with van der Waals surface area (Å²) in [5.74, 6) is -0.549. The SMILES string of the molecule is O=C([C@@H]1c2ccccc2CC(=O)N1Cc1ccccc1)N1CCC2(CC1)OCCO2. The van der Waals surface area contributed by atoms with Gasteiger partial charge in [0.05, 0.1) is 19.6 Å². The van der Waals surface area contributed by atoms with Crippen LogP contribution in [0.5, 0.6) is 0 Å². The van der Waals surface area contributed by atoms with Gasteiger partial charge in [-0.25, -0.2) is 0 Å². The van der Waals surface area contributed by atoms with Gasteiger partial charge in [0, 0.05) is 32.5 Å². The van der Waals surface area contributed by atoms with Crippen LogP contribution in [0.3, 0.4) is 0 Å². The second kappa shape index (κ2) is 7.85. The normalized spacial score (nSPS) is 22.9. The van der Waals surface area contributed by atoms with E-state index in [9.17, 15) is 9.59 Å². The van der Waals surface area contributed by atoms with Gasteiger partial charge in [0.15, 0.2) is 5.79 Å². The Morgan fingerprint density at radius 2 is 1.63 bits per heavy atom. The number of ether oxygens (including phenoxy) is 2. The molecular weight excluding hydrogens is 380 g/mol. The van der Waals surface area contributed by atoms with E-state index in [0.717, 1.165) is 16.7 Å². The number of amides is 2. The molecule has 2 aromatic carbocycles. The number of rotatable bonds is 3. The van der Waals surface area contributed by atoms with Crippen LogP contribution in [-0.4, -0.2) is 53.7 Å². The highest BCUT2D eigenvalue weighted by atomic mass is 16.7. The Balaban J connectivity index is 1.43. The Kier molecular flexibility index (Phi) is 5.05. The van der Waals surface area contributed by atoms with Crippen molar-refractivity contribution in [1.82, 2.24) is 9.80 Å². The molecule has 1 atom stereocenters. The second-order valence-electron chi connectivity index (χ2n) is 8.22. The monoisotopic (exact) mass is 406 g/mol. The van der Waals surface area contributed by atoms with Crippen molar-refractivity contribution in [2.24, 2.45) is 0 Å². The van der Waals surface area contributed by atoms with Crippen LogP contribution in [0.2, 0.25) is 0 Å². The third-order valence-electron chi connectivity index (χ3n) is 6.40. The minimum atomic E-state index is -0.595. The van der Waals surface area contributed by atoms with E-state index in [0.29, 0.717) is 52.1 Å². The van der Waals surface area contributed by atoms with E-state index in [2.05, 4.69) is 0 Å². The first kappa shape index (κ1) is 19.3. The summed E-state index contributed by atoms with van der Waals surface area (Å²) in [6, 6.07) is 17.1. The van der Waals surface area contributed by atoms with E-state index in [1.165, 1.54) is 0 Å². The molecule has 0 aromatic heterocycles. The molecule has 3 aliphatic heterocycles. The predicted octanol–water partition coefficient (Wildman–Crippen LogP) is 2.68. The maximum absolute atomic E-state index is 13.7. The highest BCUT2D eigenvalue weighted by molar-refractivity contribution is 5.92. The number of piperidine rings is 1. The van der Waals surface area contributed by atoms with Gasteiger partial charge >= 0.3 is 0 Å². The molecule has 156 valence electrons. The molecule has 2 saturated heterocycles. The Morgan fingerprint density at radius 1 is 0.967 bits per heavy atom. The van der Waals surface area contributed by atoms with Crippen molar-refractivity contribution in [2.45, 2.75) is 37.6 Å². The molecule has 5 rings (SSSR count). The van der Waals surface area contributed by atoms with Crippen molar-refractivity contribution >= 4 is 11.8 Å². The second-order valence-corrected chi connectivity index (χ2v) is 8.22. The molecule has 0 saturated carbocycles. The Bertz CT molecular complexity index is 929. The highest BCUT2D eigenvalue weighted by Crippen LogP contribution is 2.36. The lowest BCUT2D eigenvalue weighted by Crippen LogP contribution is -2.52. The molecule has 0 bridgehead atoms. The summed E-state index contributed by atoms with van der Waals surface area (Å²) in [7, 11) is 0. The number of hydrogen-bond donors (Lipinski definition) is 0. The summed E-state index contributed by atoms with van der Waals surface area (Å²) in [5.41, 5.74) is 2.90. The van der Waals surface area contributed by atoms with Gasteiger partial charge in [-0.15, -0.1) is 0 Å². The fourth-order valence-electron chi connectivity index (χ4n) is 4.79. The summed E-state index contributed by atoms with van der Waals surface area (Å²) in [6.45, 7) is 2.80. The summed E-state index contributed by atoms with van der Waals surface area (Å²) >= 11 is 0. The van der Waals surface area contributed by atoms with Crippen molar-refractivity contribution in [1.29, 1.82) is 0 Å². The van der Waals surface area contributed by atoms with E-state index in [4.69, 9.17) is 9.47 Å². The topological polar surface area (TPSA) is 59.1 Å². The molecule has 6 nitrogen and oxygen atoms in total.